The van der Waals surface area contributed by atoms with E-state index >= 15 is 0 Å². The summed E-state index contributed by atoms with van der Waals surface area (Å²) < 4.78 is 0. The van der Waals surface area contributed by atoms with Crippen LogP contribution >= 0.6 is 0 Å². The maximum Gasteiger partial charge on any atom is 0.253 e. The fourth-order valence-corrected chi connectivity index (χ4v) is 3.28. The Kier molecular flexibility index (Phi) is 5.47. The number of aromatic nitrogens is 1. The monoisotopic (exact) mass is 323 g/mol. The third kappa shape index (κ3) is 4.57. The third-order valence-corrected chi connectivity index (χ3v) is 4.69. The number of anilines is 1. The van der Waals surface area contributed by atoms with Gasteiger partial charge in [-0.2, -0.15) is 0 Å². The minimum absolute atomic E-state index is 0.00272. The molecule has 1 amide bonds. The van der Waals surface area contributed by atoms with Gasteiger partial charge >= 0.3 is 0 Å². The molecule has 1 heterocycles. The SMILES string of the molecule is Cc1cncc(C(=O)NC2CCC(CNc3ccccc3)CC2)c1. The van der Waals surface area contributed by atoms with Crippen molar-refractivity contribution in [1.82, 2.24) is 10.3 Å². The smallest absolute Gasteiger partial charge is 0.253 e. The van der Waals surface area contributed by atoms with Gasteiger partial charge in [0.15, 0.2) is 0 Å². The van der Waals surface area contributed by atoms with Crippen LogP contribution in [-0.2, 0) is 0 Å². The Hall–Kier alpha value is -2.36. The third-order valence-electron chi connectivity index (χ3n) is 4.69. The van der Waals surface area contributed by atoms with Crippen molar-refractivity contribution in [3.05, 3.63) is 59.9 Å². The van der Waals surface area contributed by atoms with Crippen LogP contribution < -0.4 is 10.6 Å². The summed E-state index contributed by atoms with van der Waals surface area (Å²) in [4.78, 5) is 16.4. The molecular weight excluding hydrogens is 298 g/mol. The highest BCUT2D eigenvalue weighted by Crippen LogP contribution is 2.25. The van der Waals surface area contributed by atoms with Gasteiger partial charge in [0, 0.05) is 30.7 Å². The van der Waals surface area contributed by atoms with Crippen LogP contribution in [0.1, 0.15) is 41.6 Å². The number of hydrogen-bond donors (Lipinski definition) is 2. The molecule has 0 bridgehead atoms. The van der Waals surface area contributed by atoms with Crippen LogP contribution in [0, 0.1) is 12.8 Å². The molecule has 24 heavy (non-hydrogen) atoms. The highest BCUT2D eigenvalue weighted by atomic mass is 16.1. The van der Waals surface area contributed by atoms with Gasteiger partial charge in [0.05, 0.1) is 5.56 Å². The summed E-state index contributed by atoms with van der Waals surface area (Å²) in [6, 6.07) is 12.5. The Morgan fingerprint density at radius 3 is 2.58 bits per heavy atom. The lowest BCUT2D eigenvalue weighted by Crippen LogP contribution is -2.38. The number of hydrogen-bond acceptors (Lipinski definition) is 3. The van der Waals surface area contributed by atoms with Crippen LogP contribution in [0.15, 0.2) is 48.8 Å². The van der Waals surface area contributed by atoms with Gasteiger partial charge in [-0.1, -0.05) is 18.2 Å². The zero-order valence-corrected chi connectivity index (χ0v) is 14.2. The Bertz CT molecular complexity index is 664. The average Bonchev–Trinajstić information content (AvgIpc) is 2.62. The van der Waals surface area contributed by atoms with Crippen molar-refractivity contribution in [1.29, 1.82) is 0 Å². The Balaban J connectivity index is 1.43. The lowest BCUT2D eigenvalue weighted by molar-refractivity contribution is 0.0922. The number of para-hydroxylation sites is 1. The minimum Gasteiger partial charge on any atom is -0.385 e. The first kappa shape index (κ1) is 16.5. The Morgan fingerprint density at radius 2 is 1.88 bits per heavy atom. The molecule has 0 aliphatic heterocycles. The number of nitrogens with one attached hydrogen (secondary N) is 2. The summed E-state index contributed by atoms with van der Waals surface area (Å²) in [7, 11) is 0. The Labute approximate surface area is 143 Å². The van der Waals surface area contributed by atoms with Crippen molar-refractivity contribution >= 4 is 11.6 Å². The van der Waals surface area contributed by atoms with E-state index < -0.39 is 0 Å². The fourth-order valence-electron chi connectivity index (χ4n) is 3.28. The number of carbonyl (C=O) groups excluding carboxylic acids is 1. The number of aryl methyl sites for hydroxylation is 1. The quantitative estimate of drug-likeness (QED) is 0.880. The van der Waals surface area contributed by atoms with Gasteiger partial charge in [-0.25, -0.2) is 0 Å². The first-order valence-electron chi connectivity index (χ1n) is 8.72. The molecule has 0 spiro atoms. The highest BCUT2D eigenvalue weighted by molar-refractivity contribution is 5.94. The van der Waals surface area contributed by atoms with Gasteiger partial charge in [0.1, 0.15) is 0 Å². The molecule has 4 heteroatoms. The molecule has 126 valence electrons. The van der Waals surface area contributed by atoms with Gasteiger partial charge in [-0.15, -0.1) is 0 Å². The number of amides is 1. The molecule has 2 aromatic rings. The van der Waals surface area contributed by atoms with Gasteiger partial charge < -0.3 is 10.6 Å². The zero-order valence-electron chi connectivity index (χ0n) is 14.2. The number of carbonyl (C=O) groups is 1. The van der Waals surface area contributed by atoms with E-state index in [1.807, 2.05) is 19.1 Å². The summed E-state index contributed by atoms with van der Waals surface area (Å²) in [6.07, 6.45) is 7.80. The fraction of sp³-hybridized carbons (Fsp3) is 0.400. The lowest BCUT2D eigenvalue weighted by atomic mass is 9.86. The number of rotatable bonds is 5. The summed E-state index contributed by atoms with van der Waals surface area (Å²) in [5.74, 6) is 0.677. The van der Waals surface area contributed by atoms with E-state index in [0.717, 1.165) is 37.8 Å². The second kappa shape index (κ2) is 7.95. The molecule has 1 fully saturated rings. The second-order valence-corrected chi connectivity index (χ2v) is 6.69. The summed E-state index contributed by atoms with van der Waals surface area (Å²) in [5, 5.41) is 6.66. The molecule has 1 aliphatic carbocycles. The average molecular weight is 323 g/mol. The highest BCUT2D eigenvalue weighted by Gasteiger charge is 2.22. The number of benzene rings is 1. The summed E-state index contributed by atoms with van der Waals surface area (Å²) >= 11 is 0. The predicted octanol–water partition coefficient (Wildman–Crippen LogP) is 3.79. The molecule has 4 nitrogen and oxygen atoms in total. The van der Waals surface area contributed by atoms with E-state index in [1.54, 1.807) is 12.4 Å². The molecule has 0 unspecified atom stereocenters. The molecular formula is C20H25N3O. The molecule has 3 rings (SSSR count). The summed E-state index contributed by atoms with van der Waals surface area (Å²) in [6.45, 7) is 2.96. The molecule has 1 aromatic carbocycles. The lowest BCUT2D eigenvalue weighted by Gasteiger charge is -2.29. The normalized spacial score (nSPS) is 20.4. The molecule has 1 saturated carbocycles. The van der Waals surface area contributed by atoms with Gasteiger partial charge in [-0.05, 0) is 62.3 Å². The van der Waals surface area contributed by atoms with E-state index in [0.29, 0.717) is 11.5 Å². The molecule has 2 N–H and O–H groups in total. The van der Waals surface area contributed by atoms with E-state index in [1.165, 1.54) is 5.69 Å². The summed E-state index contributed by atoms with van der Waals surface area (Å²) in [5.41, 5.74) is 2.85. The van der Waals surface area contributed by atoms with Crippen molar-refractivity contribution in [2.45, 2.75) is 38.6 Å². The van der Waals surface area contributed by atoms with Crippen LogP contribution in [0.3, 0.4) is 0 Å². The van der Waals surface area contributed by atoms with Crippen LogP contribution in [0.25, 0.3) is 0 Å². The van der Waals surface area contributed by atoms with Crippen molar-refractivity contribution in [2.75, 3.05) is 11.9 Å². The van der Waals surface area contributed by atoms with E-state index in [2.05, 4.69) is 39.9 Å². The first-order valence-corrected chi connectivity index (χ1v) is 8.72. The molecule has 0 atom stereocenters. The van der Waals surface area contributed by atoms with Crippen molar-refractivity contribution in [2.24, 2.45) is 5.92 Å². The van der Waals surface area contributed by atoms with Crippen LogP contribution in [0.5, 0.6) is 0 Å². The molecule has 1 aromatic heterocycles. The Morgan fingerprint density at radius 1 is 1.12 bits per heavy atom. The first-order chi connectivity index (χ1) is 11.7. The van der Waals surface area contributed by atoms with E-state index in [4.69, 9.17) is 0 Å². The number of pyridine rings is 1. The molecule has 1 aliphatic rings. The van der Waals surface area contributed by atoms with Crippen LogP contribution in [-0.4, -0.2) is 23.5 Å². The zero-order chi connectivity index (χ0) is 16.8. The minimum atomic E-state index is -0.00272. The predicted molar refractivity (Wildman–Crippen MR) is 97.1 cm³/mol. The van der Waals surface area contributed by atoms with Gasteiger partial charge in [0.25, 0.3) is 5.91 Å². The van der Waals surface area contributed by atoms with Gasteiger partial charge in [0.2, 0.25) is 0 Å². The van der Waals surface area contributed by atoms with Crippen LogP contribution in [0.4, 0.5) is 5.69 Å². The maximum absolute atomic E-state index is 12.3. The second-order valence-electron chi connectivity index (χ2n) is 6.69. The van der Waals surface area contributed by atoms with E-state index in [9.17, 15) is 4.79 Å². The van der Waals surface area contributed by atoms with E-state index in [-0.39, 0.29) is 11.9 Å². The van der Waals surface area contributed by atoms with Crippen molar-refractivity contribution < 1.29 is 4.79 Å². The number of nitrogens with zero attached hydrogens (tertiary/aromatic N) is 1. The molecule has 0 radical (unpaired) electrons. The maximum atomic E-state index is 12.3. The van der Waals surface area contributed by atoms with Crippen molar-refractivity contribution in [3.63, 3.8) is 0 Å². The topological polar surface area (TPSA) is 54.0 Å². The molecule has 0 saturated heterocycles. The largest absolute Gasteiger partial charge is 0.385 e. The standard InChI is InChI=1S/C20H25N3O/c1-15-11-17(14-21-12-15)20(24)23-19-9-7-16(8-10-19)13-22-18-5-3-2-4-6-18/h2-6,11-12,14,16,19,22H,7-10,13H2,1H3,(H,23,24). The van der Waals surface area contributed by atoms with Crippen molar-refractivity contribution in [3.8, 4) is 0 Å². The van der Waals surface area contributed by atoms with Gasteiger partial charge in [-0.3, -0.25) is 9.78 Å². The van der Waals surface area contributed by atoms with Crippen LogP contribution in [0.2, 0.25) is 0 Å².